The smallest absolute Gasteiger partial charge is 0.145 e. The molecule has 4 nitrogen and oxygen atoms in total. The zero-order valence-corrected chi connectivity index (χ0v) is 9.16. The molecule has 0 unspecified atom stereocenters. The van der Waals surface area contributed by atoms with E-state index in [2.05, 4.69) is 18.9 Å². The third kappa shape index (κ3) is 3.38. The molecule has 0 aliphatic carbocycles. The molecule has 0 atom stereocenters. The number of anilines is 1. The van der Waals surface area contributed by atoms with Gasteiger partial charge >= 0.3 is 0 Å². The number of hydrogen-bond acceptors (Lipinski definition) is 3. The van der Waals surface area contributed by atoms with Crippen molar-refractivity contribution < 1.29 is 4.74 Å². The summed E-state index contributed by atoms with van der Waals surface area (Å²) in [6.07, 6.45) is 0. The molecule has 14 heavy (non-hydrogen) atoms. The highest BCUT2D eigenvalue weighted by molar-refractivity contribution is 5.28. The van der Waals surface area contributed by atoms with Crippen LogP contribution in [0.1, 0.15) is 19.5 Å². The van der Waals surface area contributed by atoms with Gasteiger partial charge in [0.05, 0.1) is 13.2 Å². The minimum atomic E-state index is 0.575. The van der Waals surface area contributed by atoms with Crippen LogP contribution in [0.25, 0.3) is 0 Å². The van der Waals surface area contributed by atoms with E-state index in [1.54, 1.807) is 0 Å². The Morgan fingerprint density at radius 3 is 2.79 bits per heavy atom. The Morgan fingerprint density at radius 1 is 1.57 bits per heavy atom. The number of rotatable bonds is 5. The first kappa shape index (κ1) is 11.0. The number of aryl methyl sites for hydroxylation is 1. The number of nitrogens with two attached hydrogens (primary N) is 1. The summed E-state index contributed by atoms with van der Waals surface area (Å²) >= 11 is 0. The molecule has 0 amide bonds. The van der Waals surface area contributed by atoms with Crippen LogP contribution < -0.4 is 5.73 Å². The second kappa shape index (κ2) is 5.00. The lowest BCUT2D eigenvalue weighted by molar-refractivity contribution is 0.101. The molecule has 1 aromatic rings. The monoisotopic (exact) mass is 197 g/mol. The number of nitrogens with zero attached hydrogens (tertiary/aromatic N) is 2. The van der Waals surface area contributed by atoms with E-state index in [0.29, 0.717) is 18.3 Å². The van der Waals surface area contributed by atoms with Crippen LogP contribution in [0.2, 0.25) is 0 Å². The van der Waals surface area contributed by atoms with Gasteiger partial charge in [0.15, 0.2) is 0 Å². The topological polar surface area (TPSA) is 53.1 Å². The first-order chi connectivity index (χ1) is 6.59. The molecular formula is C10H19N3O. The molecule has 0 aliphatic rings. The molecule has 1 heterocycles. The first-order valence-electron chi connectivity index (χ1n) is 4.97. The lowest BCUT2D eigenvalue weighted by Gasteiger charge is -2.07. The predicted molar refractivity (Wildman–Crippen MR) is 57.0 cm³/mol. The Balaban J connectivity index is 2.28. The maximum absolute atomic E-state index is 5.56. The fourth-order valence-electron chi connectivity index (χ4n) is 1.23. The Bertz CT molecular complexity index is 281. The fraction of sp³-hybridized carbons (Fsp3) is 0.700. The molecule has 0 saturated carbocycles. The maximum Gasteiger partial charge on any atom is 0.145 e. The van der Waals surface area contributed by atoms with Crippen LogP contribution in [-0.4, -0.2) is 23.0 Å². The number of ether oxygens (including phenoxy) is 1. The van der Waals surface area contributed by atoms with E-state index in [1.165, 1.54) is 0 Å². The van der Waals surface area contributed by atoms with Gasteiger partial charge in [-0.3, -0.25) is 4.68 Å². The molecule has 1 aromatic heterocycles. The van der Waals surface area contributed by atoms with Crippen molar-refractivity contribution in [1.29, 1.82) is 0 Å². The number of aromatic nitrogens is 2. The molecule has 0 radical (unpaired) electrons. The van der Waals surface area contributed by atoms with Gasteiger partial charge in [-0.25, -0.2) is 0 Å². The van der Waals surface area contributed by atoms with E-state index in [0.717, 1.165) is 18.8 Å². The Kier molecular flexibility index (Phi) is 3.95. The molecule has 2 N–H and O–H groups in total. The summed E-state index contributed by atoms with van der Waals surface area (Å²) in [5, 5.41) is 4.14. The van der Waals surface area contributed by atoms with Crippen molar-refractivity contribution in [3.8, 4) is 0 Å². The number of nitrogen functional groups attached to an aromatic ring is 1. The molecule has 1 rings (SSSR count). The summed E-state index contributed by atoms with van der Waals surface area (Å²) in [6.45, 7) is 8.53. The summed E-state index contributed by atoms with van der Waals surface area (Å²) in [4.78, 5) is 0. The molecule has 80 valence electrons. The van der Waals surface area contributed by atoms with Crippen LogP contribution in [0.15, 0.2) is 6.07 Å². The van der Waals surface area contributed by atoms with Crippen molar-refractivity contribution in [3.05, 3.63) is 11.8 Å². The van der Waals surface area contributed by atoms with Gasteiger partial charge in [0.25, 0.3) is 0 Å². The Hall–Kier alpha value is -1.03. The standard InChI is InChI=1S/C10H19N3O/c1-8(2)7-14-5-4-13-9(3)6-10(11)12-13/h6,8H,4-5,7H2,1-3H3,(H2,11,12). The average Bonchev–Trinajstić information content (AvgIpc) is 2.39. The predicted octanol–water partition coefficient (Wildman–Crippen LogP) is 1.45. The van der Waals surface area contributed by atoms with Crippen molar-refractivity contribution in [2.24, 2.45) is 5.92 Å². The van der Waals surface area contributed by atoms with Gasteiger partial charge in [0.1, 0.15) is 5.82 Å². The average molecular weight is 197 g/mol. The van der Waals surface area contributed by atoms with Crippen molar-refractivity contribution in [2.45, 2.75) is 27.3 Å². The highest BCUT2D eigenvalue weighted by atomic mass is 16.5. The molecule has 0 aliphatic heterocycles. The second-order valence-corrected chi connectivity index (χ2v) is 3.90. The fourth-order valence-corrected chi connectivity index (χ4v) is 1.23. The molecule has 4 heteroatoms. The molecule has 0 bridgehead atoms. The normalized spacial score (nSPS) is 11.1. The maximum atomic E-state index is 5.56. The first-order valence-corrected chi connectivity index (χ1v) is 4.97. The largest absolute Gasteiger partial charge is 0.382 e. The molecule has 0 saturated heterocycles. The molecule has 0 spiro atoms. The van der Waals surface area contributed by atoms with E-state index < -0.39 is 0 Å². The van der Waals surface area contributed by atoms with Gasteiger partial charge in [-0.15, -0.1) is 0 Å². The second-order valence-electron chi connectivity index (χ2n) is 3.90. The van der Waals surface area contributed by atoms with Gasteiger partial charge in [0.2, 0.25) is 0 Å². The van der Waals surface area contributed by atoms with Crippen molar-refractivity contribution in [1.82, 2.24) is 9.78 Å². The Labute approximate surface area is 85.0 Å². The third-order valence-corrected chi connectivity index (χ3v) is 1.90. The van der Waals surface area contributed by atoms with E-state index in [9.17, 15) is 0 Å². The van der Waals surface area contributed by atoms with Gasteiger partial charge in [-0.05, 0) is 12.8 Å². The zero-order valence-electron chi connectivity index (χ0n) is 9.16. The molecular weight excluding hydrogens is 178 g/mol. The van der Waals surface area contributed by atoms with Crippen LogP contribution in [0.5, 0.6) is 0 Å². The SMILES string of the molecule is Cc1cc(N)nn1CCOCC(C)C. The van der Waals surface area contributed by atoms with Crippen LogP contribution in [-0.2, 0) is 11.3 Å². The van der Waals surface area contributed by atoms with E-state index in [-0.39, 0.29) is 0 Å². The summed E-state index contributed by atoms with van der Waals surface area (Å²) in [7, 11) is 0. The van der Waals surface area contributed by atoms with Crippen LogP contribution in [0, 0.1) is 12.8 Å². The van der Waals surface area contributed by atoms with Gasteiger partial charge in [-0.2, -0.15) is 5.10 Å². The third-order valence-electron chi connectivity index (χ3n) is 1.90. The zero-order chi connectivity index (χ0) is 10.6. The van der Waals surface area contributed by atoms with Gasteiger partial charge < -0.3 is 10.5 Å². The summed E-state index contributed by atoms with van der Waals surface area (Å²) in [6, 6.07) is 1.86. The highest BCUT2D eigenvalue weighted by Crippen LogP contribution is 2.03. The van der Waals surface area contributed by atoms with Crippen molar-refractivity contribution >= 4 is 5.82 Å². The van der Waals surface area contributed by atoms with Crippen LogP contribution >= 0.6 is 0 Å². The lowest BCUT2D eigenvalue weighted by atomic mass is 10.2. The van der Waals surface area contributed by atoms with Gasteiger partial charge in [-0.1, -0.05) is 13.8 Å². The van der Waals surface area contributed by atoms with E-state index >= 15 is 0 Å². The molecule has 0 fully saturated rings. The highest BCUT2D eigenvalue weighted by Gasteiger charge is 2.00. The molecule has 0 aromatic carbocycles. The van der Waals surface area contributed by atoms with Crippen LogP contribution in [0.3, 0.4) is 0 Å². The van der Waals surface area contributed by atoms with Crippen molar-refractivity contribution in [3.63, 3.8) is 0 Å². The quantitative estimate of drug-likeness (QED) is 0.727. The van der Waals surface area contributed by atoms with E-state index in [4.69, 9.17) is 10.5 Å². The van der Waals surface area contributed by atoms with Crippen molar-refractivity contribution in [2.75, 3.05) is 18.9 Å². The minimum absolute atomic E-state index is 0.575. The lowest BCUT2D eigenvalue weighted by Crippen LogP contribution is -2.11. The summed E-state index contributed by atoms with van der Waals surface area (Å²) in [5.41, 5.74) is 6.64. The van der Waals surface area contributed by atoms with E-state index in [1.807, 2.05) is 17.7 Å². The van der Waals surface area contributed by atoms with Crippen LogP contribution in [0.4, 0.5) is 5.82 Å². The summed E-state index contributed by atoms with van der Waals surface area (Å²) in [5.74, 6) is 1.16. The minimum Gasteiger partial charge on any atom is -0.382 e. The summed E-state index contributed by atoms with van der Waals surface area (Å²) < 4.78 is 7.33. The Morgan fingerprint density at radius 2 is 2.29 bits per heavy atom. The number of hydrogen-bond donors (Lipinski definition) is 1. The van der Waals surface area contributed by atoms with Gasteiger partial charge in [0, 0.05) is 18.4 Å².